The molecule has 0 bridgehead atoms. The van der Waals surface area contributed by atoms with Gasteiger partial charge in [-0.3, -0.25) is 0 Å². The van der Waals surface area contributed by atoms with Crippen LogP contribution in [0.5, 0.6) is 0 Å². The van der Waals surface area contributed by atoms with Crippen LogP contribution in [0.15, 0.2) is 11.4 Å². The predicted molar refractivity (Wildman–Crippen MR) is 104 cm³/mol. The zero-order valence-electron chi connectivity index (χ0n) is 17.7. The van der Waals surface area contributed by atoms with E-state index in [2.05, 4.69) is 68.3 Å². The molecule has 0 aromatic heterocycles. The molecule has 0 N–H and O–H groups in total. The monoisotopic (exact) mass is 350 g/mol. The maximum Gasteiger partial charge on any atom is 0.489 e. The fraction of sp³-hybridized carbons (Fsp3) is 0.895. The SMILES string of the molecule is CCCCCC(=CB1OC(C)(C)C(C)(C)O1)B1OC(C)(C)C(C)(C)O1. The van der Waals surface area contributed by atoms with Crippen LogP contribution in [0.3, 0.4) is 0 Å². The summed E-state index contributed by atoms with van der Waals surface area (Å²) in [6.07, 6.45) is 4.44. The van der Waals surface area contributed by atoms with Gasteiger partial charge in [0.15, 0.2) is 0 Å². The standard InChI is InChI=1S/C19H36B2O4/c1-10-11-12-13-15(21-24-18(6,7)19(8,9)25-21)14-20-22-16(2,3)17(4,5)23-20/h14H,10-13H2,1-9H3. The average molecular weight is 350 g/mol. The van der Waals surface area contributed by atoms with Crippen LogP contribution in [0.25, 0.3) is 0 Å². The fourth-order valence-corrected chi connectivity index (χ4v) is 2.98. The molecule has 2 aliphatic heterocycles. The maximum absolute atomic E-state index is 6.27. The highest BCUT2D eigenvalue weighted by atomic mass is 16.7. The highest BCUT2D eigenvalue weighted by molar-refractivity contribution is 6.60. The van der Waals surface area contributed by atoms with E-state index in [-0.39, 0.29) is 36.6 Å². The Kier molecular flexibility index (Phi) is 5.91. The third-order valence-corrected chi connectivity index (χ3v) is 6.25. The van der Waals surface area contributed by atoms with Gasteiger partial charge in [0.2, 0.25) is 0 Å². The molecule has 6 heteroatoms. The zero-order valence-corrected chi connectivity index (χ0v) is 17.7. The molecule has 0 amide bonds. The van der Waals surface area contributed by atoms with Crippen molar-refractivity contribution in [3.8, 4) is 0 Å². The van der Waals surface area contributed by atoms with Crippen molar-refractivity contribution < 1.29 is 18.6 Å². The Morgan fingerprint density at radius 1 is 0.720 bits per heavy atom. The molecule has 2 saturated heterocycles. The lowest BCUT2D eigenvalue weighted by molar-refractivity contribution is 0.00578. The van der Waals surface area contributed by atoms with Gasteiger partial charge in [-0.1, -0.05) is 32.2 Å². The first-order chi connectivity index (χ1) is 11.3. The molecule has 0 saturated carbocycles. The van der Waals surface area contributed by atoms with Crippen molar-refractivity contribution in [2.45, 2.75) is 110 Å². The van der Waals surface area contributed by atoms with Crippen LogP contribution in [0.4, 0.5) is 0 Å². The summed E-state index contributed by atoms with van der Waals surface area (Å²) in [7, 11) is -0.693. The number of allylic oxidation sites excluding steroid dienone is 1. The van der Waals surface area contributed by atoms with Crippen LogP contribution in [0, 0.1) is 0 Å². The van der Waals surface area contributed by atoms with Crippen LogP contribution in [0.2, 0.25) is 0 Å². The molecule has 142 valence electrons. The molecule has 2 rings (SSSR count). The van der Waals surface area contributed by atoms with E-state index in [1.807, 2.05) is 0 Å². The summed E-state index contributed by atoms with van der Waals surface area (Å²) in [5.74, 6) is 2.08. The van der Waals surface area contributed by atoms with Crippen LogP contribution in [-0.4, -0.2) is 36.6 Å². The summed E-state index contributed by atoms with van der Waals surface area (Å²) in [4.78, 5) is 0. The summed E-state index contributed by atoms with van der Waals surface area (Å²) in [6.45, 7) is 18.9. The molecule has 0 unspecified atom stereocenters. The van der Waals surface area contributed by atoms with Crippen LogP contribution in [-0.2, 0) is 18.6 Å². The molecule has 2 fully saturated rings. The minimum Gasteiger partial charge on any atom is -0.400 e. The third-order valence-electron chi connectivity index (χ3n) is 6.25. The van der Waals surface area contributed by atoms with E-state index < -0.39 is 0 Å². The Hall–Kier alpha value is -0.290. The topological polar surface area (TPSA) is 36.9 Å². The van der Waals surface area contributed by atoms with Crippen molar-refractivity contribution in [1.82, 2.24) is 0 Å². The van der Waals surface area contributed by atoms with Gasteiger partial charge in [-0.2, -0.15) is 0 Å². The van der Waals surface area contributed by atoms with Gasteiger partial charge < -0.3 is 18.6 Å². The van der Waals surface area contributed by atoms with Crippen molar-refractivity contribution in [3.05, 3.63) is 11.4 Å². The van der Waals surface area contributed by atoms with Crippen LogP contribution >= 0.6 is 0 Å². The van der Waals surface area contributed by atoms with Gasteiger partial charge >= 0.3 is 14.2 Å². The van der Waals surface area contributed by atoms with E-state index in [0.717, 1.165) is 18.3 Å². The van der Waals surface area contributed by atoms with Gasteiger partial charge in [-0.15, -0.1) is 0 Å². The second-order valence-corrected chi connectivity index (χ2v) is 9.41. The Labute approximate surface area is 155 Å². The molecular formula is C19H36B2O4. The predicted octanol–water partition coefficient (Wildman–Crippen LogP) is 4.76. The van der Waals surface area contributed by atoms with E-state index in [1.54, 1.807) is 0 Å². The third kappa shape index (κ3) is 4.35. The lowest BCUT2D eigenvalue weighted by atomic mass is 9.69. The van der Waals surface area contributed by atoms with Gasteiger partial charge in [-0.05, 0) is 67.3 Å². The van der Waals surface area contributed by atoms with Gasteiger partial charge in [0.1, 0.15) is 0 Å². The van der Waals surface area contributed by atoms with E-state index in [4.69, 9.17) is 18.6 Å². The molecule has 4 nitrogen and oxygen atoms in total. The normalized spacial score (nSPS) is 27.2. The molecule has 2 aliphatic rings. The van der Waals surface area contributed by atoms with E-state index in [9.17, 15) is 0 Å². The molecule has 0 aromatic rings. The first-order valence-electron chi connectivity index (χ1n) is 9.73. The second-order valence-electron chi connectivity index (χ2n) is 9.41. The molecule has 0 aliphatic carbocycles. The molecule has 0 atom stereocenters. The van der Waals surface area contributed by atoms with Crippen molar-refractivity contribution in [3.63, 3.8) is 0 Å². The quantitative estimate of drug-likeness (QED) is 0.512. The molecule has 0 aromatic carbocycles. The first-order valence-corrected chi connectivity index (χ1v) is 9.73. The fourth-order valence-electron chi connectivity index (χ4n) is 2.98. The van der Waals surface area contributed by atoms with Gasteiger partial charge in [0, 0.05) is 0 Å². The van der Waals surface area contributed by atoms with Gasteiger partial charge in [0.05, 0.1) is 22.4 Å². The molecule has 0 spiro atoms. The highest BCUT2D eigenvalue weighted by Gasteiger charge is 2.54. The Bertz CT molecular complexity index is 480. The van der Waals surface area contributed by atoms with Crippen LogP contribution in [0.1, 0.15) is 88.0 Å². The van der Waals surface area contributed by atoms with E-state index in [0.29, 0.717) is 0 Å². The second kappa shape index (κ2) is 7.03. The summed E-state index contributed by atoms with van der Waals surface area (Å²) in [6, 6.07) is 0. The largest absolute Gasteiger partial charge is 0.489 e. The minimum atomic E-state index is -0.361. The molecule has 25 heavy (non-hydrogen) atoms. The van der Waals surface area contributed by atoms with Crippen molar-refractivity contribution in [2.75, 3.05) is 0 Å². The summed E-state index contributed by atoms with van der Waals surface area (Å²) in [5, 5.41) is 0. The molecule has 2 heterocycles. The Balaban J connectivity index is 2.20. The minimum absolute atomic E-state index is 0.333. The van der Waals surface area contributed by atoms with Crippen molar-refractivity contribution in [2.24, 2.45) is 0 Å². The van der Waals surface area contributed by atoms with E-state index in [1.165, 1.54) is 12.8 Å². The number of unbranched alkanes of at least 4 members (excludes halogenated alkanes) is 2. The smallest absolute Gasteiger partial charge is 0.400 e. The molecule has 0 radical (unpaired) electrons. The lowest BCUT2D eigenvalue weighted by Gasteiger charge is -2.32. The zero-order chi connectivity index (χ0) is 19.1. The lowest BCUT2D eigenvalue weighted by Crippen LogP contribution is -2.41. The van der Waals surface area contributed by atoms with E-state index >= 15 is 0 Å². The number of hydrogen-bond donors (Lipinski definition) is 0. The summed E-state index contributed by atoms with van der Waals surface area (Å²) in [5.41, 5.74) is -0.211. The van der Waals surface area contributed by atoms with Crippen LogP contribution < -0.4 is 0 Å². The maximum atomic E-state index is 6.27. The average Bonchev–Trinajstić information content (AvgIpc) is 2.77. The molecular weight excluding hydrogens is 314 g/mol. The summed E-state index contributed by atoms with van der Waals surface area (Å²) < 4.78 is 24.8. The Morgan fingerprint density at radius 2 is 1.16 bits per heavy atom. The Morgan fingerprint density at radius 3 is 1.60 bits per heavy atom. The first kappa shape index (κ1) is 21.0. The van der Waals surface area contributed by atoms with Gasteiger partial charge in [-0.25, -0.2) is 0 Å². The number of rotatable bonds is 6. The highest BCUT2D eigenvalue weighted by Crippen LogP contribution is 2.41. The van der Waals surface area contributed by atoms with Crippen molar-refractivity contribution in [1.29, 1.82) is 0 Å². The summed E-state index contributed by atoms with van der Waals surface area (Å²) >= 11 is 0. The number of hydrogen-bond acceptors (Lipinski definition) is 4. The van der Waals surface area contributed by atoms with Crippen molar-refractivity contribution >= 4 is 14.2 Å². The van der Waals surface area contributed by atoms with Gasteiger partial charge in [0.25, 0.3) is 0 Å².